The van der Waals surface area contributed by atoms with Gasteiger partial charge in [-0.15, -0.1) is 0 Å². The molecule has 4 heteroatoms. The second-order valence-electron chi connectivity index (χ2n) is 8.31. The van der Waals surface area contributed by atoms with Crippen LogP contribution in [0, 0.1) is 5.41 Å². The van der Waals surface area contributed by atoms with Crippen LogP contribution >= 0.6 is 0 Å². The van der Waals surface area contributed by atoms with Crippen molar-refractivity contribution in [2.75, 3.05) is 19.8 Å². The van der Waals surface area contributed by atoms with Crippen LogP contribution in [0.15, 0.2) is 78.9 Å². The van der Waals surface area contributed by atoms with Crippen LogP contribution in [0.5, 0.6) is 0 Å². The first-order valence-corrected chi connectivity index (χ1v) is 10.3. The van der Waals surface area contributed by atoms with Crippen LogP contribution in [0.3, 0.4) is 0 Å². The number of hydrogen-bond donors (Lipinski definition) is 2. The highest BCUT2D eigenvalue weighted by molar-refractivity contribution is 5.79. The number of rotatable bonds is 7. The Morgan fingerprint density at radius 2 is 1.50 bits per heavy atom. The Bertz CT molecular complexity index is 972. The summed E-state index contributed by atoms with van der Waals surface area (Å²) in [5, 5.41) is 12.7. The number of ether oxygens (including phenoxy) is 1. The van der Waals surface area contributed by atoms with Crippen LogP contribution in [0.4, 0.5) is 4.79 Å². The lowest BCUT2D eigenvalue weighted by Crippen LogP contribution is -2.40. The molecule has 0 saturated heterocycles. The molecule has 1 aliphatic rings. The van der Waals surface area contributed by atoms with Crippen molar-refractivity contribution in [1.82, 2.24) is 5.32 Å². The lowest BCUT2D eigenvalue weighted by Gasteiger charge is -2.27. The number of nitrogens with one attached hydrogen (secondary N) is 1. The van der Waals surface area contributed by atoms with Gasteiger partial charge in [-0.25, -0.2) is 4.79 Å². The molecular formula is C26H27NO3. The number of fused-ring (bicyclic) bond motifs is 3. The molecule has 0 aromatic heterocycles. The van der Waals surface area contributed by atoms with Gasteiger partial charge in [0, 0.05) is 17.9 Å². The second-order valence-corrected chi connectivity index (χ2v) is 8.31. The molecule has 1 amide bonds. The fourth-order valence-corrected chi connectivity index (χ4v) is 4.20. The molecule has 30 heavy (non-hydrogen) atoms. The monoisotopic (exact) mass is 401 g/mol. The average Bonchev–Trinajstić information content (AvgIpc) is 3.11. The third-order valence-corrected chi connectivity index (χ3v) is 5.86. The largest absolute Gasteiger partial charge is 0.449 e. The molecule has 154 valence electrons. The first-order chi connectivity index (χ1) is 14.6. The van der Waals surface area contributed by atoms with E-state index in [0.29, 0.717) is 13.0 Å². The van der Waals surface area contributed by atoms with Gasteiger partial charge in [-0.05, 0) is 34.2 Å². The van der Waals surface area contributed by atoms with Crippen molar-refractivity contribution in [3.63, 3.8) is 0 Å². The van der Waals surface area contributed by atoms with E-state index in [4.69, 9.17) is 4.74 Å². The summed E-state index contributed by atoms with van der Waals surface area (Å²) in [5.74, 6) is 0.0386. The van der Waals surface area contributed by atoms with Gasteiger partial charge in [-0.1, -0.05) is 85.8 Å². The number of hydrogen-bond acceptors (Lipinski definition) is 3. The predicted octanol–water partition coefficient (Wildman–Crippen LogP) is 4.77. The maximum absolute atomic E-state index is 12.4. The van der Waals surface area contributed by atoms with Crippen LogP contribution in [0.2, 0.25) is 0 Å². The highest BCUT2D eigenvalue weighted by Crippen LogP contribution is 2.44. The zero-order valence-electron chi connectivity index (χ0n) is 17.2. The van der Waals surface area contributed by atoms with Gasteiger partial charge in [0.15, 0.2) is 0 Å². The van der Waals surface area contributed by atoms with E-state index >= 15 is 0 Å². The van der Waals surface area contributed by atoms with Crippen LogP contribution in [-0.4, -0.2) is 31.0 Å². The minimum Gasteiger partial charge on any atom is -0.449 e. The molecule has 0 spiro atoms. The quantitative estimate of drug-likeness (QED) is 0.600. The lowest BCUT2D eigenvalue weighted by atomic mass is 9.84. The SMILES string of the molecule is CC(CO)(CNC(=O)OCC1c2ccccc2-c2ccccc21)Cc1ccccc1. The molecule has 0 heterocycles. The van der Waals surface area contributed by atoms with Gasteiger partial charge in [-0.3, -0.25) is 0 Å². The van der Waals surface area contributed by atoms with Crippen LogP contribution in [0.1, 0.15) is 29.5 Å². The Labute approximate surface area is 177 Å². The summed E-state index contributed by atoms with van der Waals surface area (Å²) < 4.78 is 5.60. The van der Waals surface area contributed by atoms with Gasteiger partial charge >= 0.3 is 6.09 Å². The maximum atomic E-state index is 12.4. The summed E-state index contributed by atoms with van der Waals surface area (Å²) >= 11 is 0. The van der Waals surface area contributed by atoms with Gasteiger partial charge in [0.25, 0.3) is 0 Å². The first-order valence-electron chi connectivity index (χ1n) is 10.3. The fraction of sp³-hybridized carbons (Fsp3) is 0.269. The molecule has 0 saturated carbocycles. The second kappa shape index (κ2) is 8.72. The minimum atomic E-state index is -0.454. The highest BCUT2D eigenvalue weighted by atomic mass is 16.5. The van der Waals surface area contributed by atoms with E-state index in [1.807, 2.05) is 61.5 Å². The summed E-state index contributed by atoms with van der Waals surface area (Å²) in [6.45, 7) is 2.57. The van der Waals surface area contributed by atoms with Crippen molar-refractivity contribution in [2.24, 2.45) is 5.41 Å². The molecule has 0 aliphatic heterocycles. The topological polar surface area (TPSA) is 58.6 Å². The standard InChI is InChI=1S/C26H27NO3/c1-26(18-28,15-19-9-3-2-4-10-19)17-27-25(29)30-16-24-22-13-7-5-11-20(22)21-12-6-8-14-23(21)24/h2-14,24,28H,15-18H2,1H3,(H,27,29). The Morgan fingerprint density at radius 1 is 0.933 bits per heavy atom. The lowest BCUT2D eigenvalue weighted by molar-refractivity contribution is 0.117. The third kappa shape index (κ3) is 4.24. The molecule has 3 aromatic rings. The molecule has 4 rings (SSSR count). The van der Waals surface area contributed by atoms with Gasteiger partial charge < -0.3 is 15.2 Å². The molecule has 1 atom stereocenters. The summed E-state index contributed by atoms with van der Waals surface area (Å²) in [5.41, 5.74) is 5.47. The predicted molar refractivity (Wildman–Crippen MR) is 118 cm³/mol. The Morgan fingerprint density at radius 3 is 2.10 bits per heavy atom. The molecule has 1 unspecified atom stereocenters. The Kier molecular flexibility index (Phi) is 5.86. The summed E-state index contributed by atoms with van der Waals surface area (Å²) in [7, 11) is 0. The Hall–Kier alpha value is -3.11. The van der Waals surface area contributed by atoms with E-state index in [0.717, 1.165) is 5.56 Å². The van der Waals surface area contributed by atoms with Crippen molar-refractivity contribution in [1.29, 1.82) is 0 Å². The van der Waals surface area contributed by atoms with Crippen molar-refractivity contribution in [3.8, 4) is 11.1 Å². The molecule has 1 aliphatic carbocycles. The van der Waals surface area contributed by atoms with Gasteiger partial charge in [0.1, 0.15) is 6.61 Å². The van der Waals surface area contributed by atoms with E-state index in [2.05, 4.69) is 29.6 Å². The molecule has 0 radical (unpaired) electrons. The first kappa shape index (κ1) is 20.2. The van der Waals surface area contributed by atoms with E-state index in [1.54, 1.807) is 0 Å². The summed E-state index contributed by atoms with van der Waals surface area (Å²) in [6, 6.07) is 26.5. The highest BCUT2D eigenvalue weighted by Gasteiger charge is 2.29. The molecule has 0 fully saturated rings. The van der Waals surface area contributed by atoms with E-state index < -0.39 is 11.5 Å². The molecule has 4 nitrogen and oxygen atoms in total. The van der Waals surface area contributed by atoms with Gasteiger partial charge in [0.05, 0.1) is 6.61 Å². The van der Waals surface area contributed by atoms with Crippen LogP contribution < -0.4 is 5.32 Å². The zero-order chi connectivity index (χ0) is 21.0. The normalized spacial score (nSPS) is 14.5. The third-order valence-electron chi connectivity index (χ3n) is 5.86. The van der Waals surface area contributed by atoms with Crippen LogP contribution in [-0.2, 0) is 11.2 Å². The summed E-state index contributed by atoms with van der Waals surface area (Å²) in [6.07, 6.45) is 0.221. The summed E-state index contributed by atoms with van der Waals surface area (Å²) in [4.78, 5) is 12.4. The number of aliphatic hydroxyl groups excluding tert-OH is 1. The molecule has 3 aromatic carbocycles. The number of amides is 1. The minimum absolute atomic E-state index is 0.0223. The zero-order valence-corrected chi connectivity index (χ0v) is 17.2. The number of benzene rings is 3. The fourth-order valence-electron chi connectivity index (χ4n) is 4.20. The maximum Gasteiger partial charge on any atom is 0.407 e. The number of carbonyl (C=O) groups is 1. The number of aliphatic hydroxyl groups is 1. The number of alkyl carbamates (subject to hydrolysis) is 1. The number of carbonyl (C=O) groups excluding carboxylic acids is 1. The van der Waals surface area contributed by atoms with E-state index in [-0.39, 0.29) is 19.1 Å². The molecular weight excluding hydrogens is 374 g/mol. The van der Waals surface area contributed by atoms with Crippen molar-refractivity contribution < 1.29 is 14.6 Å². The average molecular weight is 402 g/mol. The Balaban J connectivity index is 1.37. The smallest absolute Gasteiger partial charge is 0.407 e. The van der Waals surface area contributed by atoms with Crippen molar-refractivity contribution >= 4 is 6.09 Å². The molecule has 2 N–H and O–H groups in total. The van der Waals surface area contributed by atoms with E-state index in [9.17, 15) is 9.90 Å². The van der Waals surface area contributed by atoms with Crippen LogP contribution in [0.25, 0.3) is 11.1 Å². The van der Waals surface area contributed by atoms with Crippen molar-refractivity contribution in [2.45, 2.75) is 19.3 Å². The van der Waals surface area contributed by atoms with Gasteiger partial charge in [-0.2, -0.15) is 0 Å². The van der Waals surface area contributed by atoms with E-state index in [1.165, 1.54) is 22.3 Å². The molecule has 0 bridgehead atoms. The van der Waals surface area contributed by atoms with Crippen molar-refractivity contribution in [3.05, 3.63) is 95.6 Å². The van der Waals surface area contributed by atoms with Gasteiger partial charge in [0.2, 0.25) is 0 Å².